The maximum Gasteiger partial charge on any atom is 0.127 e. The fraction of sp³-hybridized carbons (Fsp3) is 0.294. The molecule has 4 heteroatoms. The third kappa shape index (κ3) is 3.47. The van der Waals surface area contributed by atoms with E-state index in [2.05, 4.69) is 17.0 Å². The normalized spacial score (nSPS) is 14.8. The monoisotopic (exact) mass is 285 g/mol. The molecule has 3 rings (SSSR count). The number of hydrogen-bond donors (Lipinski definition) is 0. The summed E-state index contributed by atoms with van der Waals surface area (Å²) in [6.45, 7) is 3.48. The first-order chi connectivity index (χ1) is 10.3. The highest BCUT2D eigenvalue weighted by Gasteiger charge is 2.10. The fourth-order valence-corrected chi connectivity index (χ4v) is 2.33. The van der Waals surface area contributed by atoms with Crippen LogP contribution in [-0.2, 0) is 4.74 Å². The van der Waals surface area contributed by atoms with Crippen molar-refractivity contribution in [3.05, 3.63) is 48.5 Å². The molecule has 110 valence electrons. The van der Waals surface area contributed by atoms with Gasteiger partial charge in [-0.1, -0.05) is 0 Å². The lowest BCUT2D eigenvalue weighted by Gasteiger charge is -2.28. The Morgan fingerprint density at radius 3 is 1.90 bits per heavy atom. The van der Waals surface area contributed by atoms with Crippen LogP contribution in [-0.4, -0.2) is 33.4 Å². The molecule has 21 heavy (non-hydrogen) atoms. The van der Waals surface area contributed by atoms with Crippen LogP contribution in [0.4, 0.5) is 5.69 Å². The van der Waals surface area contributed by atoms with Crippen LogP contribution in [0.15, 0.2) is 48.5 Å². The van der Waals surface area contributed by atoms with E-state index in [-0.39, 0.29) is 0 Å². The van der Waals surface area contributed by atoms with Gasteiger partial charge in [0.15, 0.2) is 0 Å². The SMILES string of the molecule is COc1ccc(Oc2ccc(N3CCOCC3)cc2)cc1. The van der Waals surface area contributed by atoms with Crippen molar-refractivity contribution < 1.29 is 14.2 Å². The minimum atomic E-state index is 0.796. The molecule has 1 heterocycles. The molecule has 0 saturated carbocycles. The topological polar surface area (TPSA) is 30.9 Å². The highest BCUT2D eigenvalue weighted by molar-refractivity contribution is 5.50. The van der Waals surface area contributed by atoms with Gasteiger partial charge >= 0.3 is 0 Å². The lowest BCUT2D eigenvalue weighted by Crippen LogP contribution is -2.36. The predicted molar refractivity (Wildman–Crippen MR) is 82.5 cm³/mol. The number of hydrogen-bond acceptors (Lipinski definition) is 4. The van der Waals surface area contributed by atoms with Gasteiger partial charge < -0.3 is 19.1 Å². The standard InChI is InChI=1S/C17H19NO3/c1-19-15-6-8-17(9-7-15)21-16-4-2-14(3-5-16)18-10-12-20-13-11-18/h2-9H,10-13H2,1H3. The summed E-state index contributed by atoms with van der Waals surface area (Å²) in [4.78, 5) is 2.32. The van der Waals surface area contributed by atoms with E-state index in [0.717, 1.165) is 43.6 Å². The molecule has 2 aromatic rings. The van der Waals surface area contributed by atoms with Crippen molar-refractivity contribution in [1.29, 1.82) is 0 Å². The zero-order valence-electron chi connectivity index (χ0n) is 12.1. The van der Waals surface area contributed by atoms with Crippen LogP contribution < -0.4 is 14.4 Å². The van der Waals surface area contributed by atoms with Gasteiger partial charge in [-0.15, -0.1) is 0 Å². The van der Waals surface area contributed by atoms with E-state index in [0.29, 0.717) is 0 Å². The summed E-state index contributed by atoms with van der Waals surface area (Å²) in [6, 6.07) is 15.7. The van der Waals surface area contributed by atoms with Crippen LogP contribution in [0.5, 0.6) is 17.2 Å². The molecule has 1 aliphatic rings. The summed E-state index contributed by atoms with van der Waals surface area (Å²) < 4.78 is 16.3. The van der Waals surface area contributed by atoms with Crippen LogP contribution in [0.25, 0.3) is 0 Å². The maximum absolute atomic E-state index is 5.82. The molecule has 4 nitrogen and oxygen atoms in total. The molecule has 0 aromatic heterocycles. The van der Waals surface area contributed by atoms with Crippen LogP contribution in [0.3, 0.4) is 0 Å². The summed E-state index contributed by atoms with van der Waals surface area (Å²) in [5.74, 6) is 2.46. The van der Waals surface area contributed by atoms with E-state index >= 15 is 0 Å². The van der Waals surface area contributed by atoms with Crippen LogP contribution >= 0.6 is 0 Å². The summed E-state index contributed by atoms with van der Waals surface area (Å²) in [5, 5.41) is 0. The van der Waals surface area contributed by atoms with E-state index in [9.17, 15) is 0 Å². The largest absolute Gasteiger partial charge is 0.497 e. The van der Waals surface area contributed by atoms with Crippen LogP contribution in [0.1, 0.15) is 0 Å². The zero-order valence-corrected chi connectivity index (χ0v) is 12.1. The molecule has 1 aliphatic heterocycles. The number of morpholine rings is 1. The molecule has 0 N–H and O–H groups in total. The maximum atomic E-state index is 5.82. The molecule has 0 unspecified atom stereocenters. The van der Waals surface area contributed by atoms with Crippen molar-refractivity contribution in [1.82, 2.24) is 0 Å². The van der Waals surface area contributed by atoms with Gasteiger partial charge in [0.2, 0.25) is 0 Å². The quantitative estimate of drug-likeness (QED) is 0.862. The highest BCUT2D eigenvalue weighted by Crippen LogP contribution is 2.26. The number of benzene rings is 2. The van der Waals surface area contributed by atoms with Gasteiger partial charge in [0.05, 0.1) is 20.3 Å². The molecule has 0 aliphatic carbocycles. The number of anilines is 1. The minimum absolute atomic E-state index is 0.796. The summed E-state index contributed by atoms with van der Waals surface area (Å²) in [6.07, 6.45) is 0. The van der Waals surface area contributed by atoms with E-state index in [1.54, 1.807) is 7.11 Å². The Morgan fingerprint density at radius 2 is 1.33 bits per heavy atom. The van der Waals surface area contributed by atoms with Crippen molar-refractivity contribution in [2.24, 2.45) is 0 Å². The Hall–Kier alpha value is -2.20. The van der Waals surface area contributed by atoms with Gasteiger partial charge in [-0.2, -0.15) is 0 Å². The van der Waals surface area contributed by atoms with E-state index in [1.807, 2.05) is 36.4 Å². The summed E-state index contributed by atoms with van der Waals surface area (Å²) >= 11 is 0. The summed E-state index contributed by atoms with van der Waals surface area (Å²) in [7, 11) is 1.65. The molecule has 0 radical (unpaired) electrons. The molecular formula is C17H19NO3. The molecule has 0 bridgehead atoms. The van der Waals surface area contributed by atoms with Gasteiger partial charge in [0.1, 0.15) is 17.2 Å². The molecular weight excluding hydrogens is 266 g/mol. The lowest BCUT2D eigenvalue weighted by molar-refractivity contribution is 0.122. The first kappa shape index (κ1) is 13.8. The third-order valence-corrected chi connectivity index (χ3v) is 3.51. The number of ether oxygens (including phenoxy) is 3. The average molecular weight is 285 g/mol. The molecule has 0 atom stereocenters. The smallest absolute Gasteiger partial charge is 0.127 e. The number of nitrogens with zero attached hydrogens (tertiary/aromatic N) is 1. The molecule has 0 amide bonds. The molecule has 1 fully saturated rings. The lowest BCUT2D eigenvalue weighted by atomic mass is 10.2. The van der Waals surface area contributed by atoms with Crippen molar-refractivity contribution in [3.63, 3.8) is 0 Å². The van der Waals surface area contributed by atoms with Crippen molar-refractivity contribution in [2.45, 2.75) is 0 Å². The van der Waals surface area contributed by atoms with Crippen molar-refractivity contribution in [2.75, 3.05) is 38.3 Å². The summed E-state index contributed by atoms with van der Waals surface area (Å²) in [5.41, 5.74) is 1.21. The third-order valence-electron chi connectivity index (χ3n) is 3.51. The average Bonchev–Trinajstić information content (AvgIpc) is 2.57. The van der Waals surface area contributed by atoms with Gasteiger partial charge in [-0.3, -0.25) is 0 Å². The minimum Gasteiger partial charge on any atom is -0.497 e. The van der Waals surface area contributed by atoms with Crippen molar-refractivity contribution >= 4 is 5.69 Å². The molecule has 2 aromatic carbocycles. The Morgan fingerprint density at radius 1 is 0.810 bits per heavy atom. The number of methoxy groups -OCH3 is 1. The Bertz CT molecular complexity index is 560. The Labute approximate surface area is 124 Å². The molecule has 1 saturated heterocycles. The van der Waals surface area contributed by atoms with Gasteiger partial charge in [0, 0.05) is 18.8 Å². The highest BCUT2D eigenvalue weighted by atomic mass is 16.5. The predicted octanol–water partition coefficient (Wildman–Crippen LogP) is 3.32. The van der Waals surface area contributed by atoms with Gasteiger partial charge in [0.25, 0.3) is 0 Å². The fourth-order valence-electron chi connectivity index (χ4n) is 2.33. The zero-order chi connectivity index (χ0) is 14.5. The second-order valence-corrected chi connectivity index (χ2v) is 4.87. The van der Waals surface area contributed by atoms with Crippen LogP contribution in [0.2, 0.25) is 0 Å². The van der Waals surface area contributed by atoms with E-state index in [1.165, 1.54) is 5.69 Å². The van der Waals surface area contributed by atoms with Crippen LogP contribution in [0, 0.1) is 0 Å². The second kappa shape index (κ2) is 6.50. The van der Waals surface area contributed by atoms with E-state index < -0.39 is 0 Å². The first-order valence-electron chi connectivity index (χ1n) is 7.10. The Kier molecular flexibility index (Phi) is 4.26. The van der Waals surface area contributed by atoms with Gasteiger partial charge in [-0.25, -0.2) is 0 Å². The van der Waals surface area contributed by atoms with Crippen molar-refractivity contribution in [3.8, 4) is 17.2 Å². The van der Waals surface area contributed by atoms with E-state index in [4.69, 9.17) is 14.2 Å². The molecule has 0 spiro atoms. The van der Waals surface area contributed by atoms with Gasteiger partial charge in [-0.05, 0) is 48.5 Å². The Balaban J connectivity index is 1.65. The number of rotatable bonds is 4. The second-order valence-electron chi connectivity index (χ2n) is 4.87. The first-order valence-corrected chi connectivity index (χ1v) is 7.10.